The summed E-state index contributed by atoms with van der Waals surface area (Å²) in [5.41, 5.74) is 2.29. The number of rotatable bonds is 4. The molecule has 0 saturated carbocycles. The van der Waals surface area contributed by atoms with Crippen LogP contribution >= 0.6 is 0 Å². The zero-order valence-electron chi connectivity index (χ0n) is 13.1. The van der Waals surface area contributed by atoms with Crippen molar-refractivity contribution in [2.45, 2.75) is 12.0 Å². The van der Waals surface area contributed by atoms with E-state index in [2.05, 4.69) is 83.5 Å². The molecule has 0 aromatic heterocycles. The van der Waals surface area contributed by atoms with E-state index in [9.17, 15) is 0 Å². The van der Waals surface area contributed by atoms with Gasteiger partial charge in [0.2, 0.25) is 0 Å². The summed E-state index contributed by atoms with van der Waals surface area (Å²) in [6.45, 7) is 0. The average molecular weight is 290 g/mol. The summed E-state index contributed by atoms with van der Waals surface area (Å²) in [5, 5.41) is 9.16. The minimum absolute atomic E-state index is 0.105. The van der Waals surface area contributed by atoms with E-state index in [0.29, 0.717) is 0 Å². The molecule has 0 amide bonds. The third kappa shape index (κ3) is 2.97. The zero-order valence-corrected chi connectivity index (χ0v) is 13.1. The van der Waals surface area contributed by atoms with Gasteiger partial charge in [0.05, 0.1) is 5.54 Å². The molecule has 2 aromatic rings. The Morgan fingerprint density at radius 3 is 2.55 bits per heavy atom. The normalized spacial score (nSPS) is 21.3. The molecule has 1 unspecified atom stereocenters. The molecule has 2 nitrogen and oxygen atoms in total. The molecule has 112 valence electrons. The van der Waals surface area contributed by atoms with Gasteiger partial charge in [-0.1, -0.05) is 60.7 Å². The van der Waals surface area contributed by atoms with Crippen molar-refractivity contribution in [2.75, 3.05) is 14.1 Å². The van der Waals surface area contributed by atoms with E-state index < -0.39 is 0 Å². The quantitative estimate of drug-likeness (QED) is 0.893. The molecule has 22 heavy (non-hydrogen) atoms. The van der Waals surface area contributed by atoms with Crippen LogP contribution in [0.25, 0.3) is 16.8 Å². The van der Waals surface area contributed by atoms with Gasteiger partial charge in [-0.15, -0.1) is 0 Å². The summed E-state index contributed by atoms with van der Waals surface area (Å²) < 4.78 is 0. The third-order valence-electron chi connectivity index (χ3n) is 4.32. The summed E-state index contributed by atoms with van der Waals surface area (Å²) >= 11 is 0. The van der Waals surface area contributed by atoms with Crippen LogP contribution in [0.3, 0.4) is 0 Å². The van der Waals surface area contributed by atoms with E-state index in [1.807, 2.05) is 14.1 Å². The summed E-state index contributed by atoms with van der Waals surface area (Å²) in [6.07, 6.45) is 12.0. The van der Waals surface area contributed by atoms with Crippen LogP contribution in [0.2, 0.25) is 0 Å². The number of hydrogen-bond donors (Lipinski definition) is 2. The largest absolute Gasteiger partial charge is 0.388 e. The van der Waals surface area contributed by atoms with Crippen LogP contribution in [0.5, 0.6) is 0 Å². The van der Waals surface area contributed by atoms with Gasteiger partial charge in [-0.3, -0.25) is 0 Å². The van der Waals surface area contributed by atoms with Crippen molar-refractivity contribution >= 4 is 16.8 Å². The number of likely N-dealkylation sites (N-methyl/N-ethyl adjacent to an activating group) is 2. The highest BCUT2D eigenvalue weighted by Gasteiger charge is 2.22. The predicted octanol–water partition coefficient (Wildman–Crippen LogP) is 3.87. The SMILES string of the molecule is CNC1=CCC(C=Cc2ccc3ccccc3c2)(NC)C=C1. The van der Waals surface area contributed by atoms with Crippen LogP contribution in [0, 0.1) is 0 Å². The molecule has 0 radical (unpaired) electrons. The third-order valence-corrected chi connectivity index (χ3v) is 4.32. The Balaban J connectivity index is 1.85. The lowest BCUT2D eigenvalue weighted by atomic mass is 9.89. The van der Waals surface area contributed by atoms with Gasteiger partial charge in [0.1, 0.15) is 0 Å². The fourth-order valence-electron chi connectivity index (χ4n) is 2.79. The summed E-state index contributed by atoms with van der Waals surface area (Å²) in [6, 6.07) is 15.0. The fraction of sp³-hybridized carbons (Fsp3) is 0.200. The van der Waals surface area contributed by atoms with E-state index in [1.165, 1.54) is 22.0 Å². The monoisotopic (exact) mass is 290 g/mol. The van der Waals surface area contributed by atoms with Crippen molar-refractivity contribution in [1.29, 1.82) is 0 Å². The maximum atomic E-state index is 3.42. The minimum Gasteiger partial charge on any atom is -0.388 e. The van der Waals surface area contributed by atoms with Gasteiger partial charge in [0.15, 0.2) is 0 Å². The molecule has 1 aliphatic rings. The van der Waals surface area contributed by atoms with Crippen molar-refractivity contribution < 1.29 is 0 Å². The Morgan fingerprint density at radius 1 is 1.05 bits per heavy atom. The van der Waals surface area contributed by atoms with Gasteiger partial charge in [0, 0.05) is 12.7 Å². The van der Waals surface area contributed by atoms with E-state index in [0.717, 1.165) is 6.42 Å². The molecular formula is C20H22N2. The van der Waals surface area contributed by atoms with E-state index >= 15 is 0 Å². The molecule has 0 fully saturated rings. The summed E-state index contributed by atoms with van der Waals surface area (Å²) in [4.78, 5) is 0. The Hall–Kier alpha value is -2.32. The molecule has 0 bridgehead atoms. The number of hydrogen-bond acceptors (Lipinski definition) is 2. The Morgan fingerprint density at radius 2 is 1.86 bits per heavy atom. The van der Waals surface area contributed by atoms with Crippen LogP contribution in [0.15, 0.2) is 72.5 Å². The van der Waals surface area contributed by atoms with Gasteiger partial charge < -0.3 is 10.6 Å². The van der Waals surface area contributed by atoms with Gasteiger partial charge in [-0.05, 0) is 41.9 Å². The topological polar surface area (TPSA) is 24.1 Å². The van der Waals surface area contributed by atoms with E-state index in [4.69, 9.17) is 0 Å². The molecule has 1 aliphatic carbocycles. The summed E-state index contributed by atoms with van der Waals surface area (Å²) in [7, 11) is 3.96. The molecule has 2 N–H and O–H groups in total. The van der Waals surface area contributed by atoms with Crippen molar-refractivity contribution in [3.63, 3.8) is 0 Å². The van der Waals surface area contributed by atoms with Crippen LogP contribution < -0.4 is 10.6 Å². The minimum atomic E-state index is -0.105. The fourth-order valence-corrected chi connectivity index (χ4v) is 2.79. The highest BCUT2D eigenvalue weighted by atomic mass is 14.9. The van der Waals surface area contributed by atoms with Gasteiger partial charge in [-0.25, -0.2) is 0 Å². The zero-order chi connectivity index (χ0) is 15.4. The number of fused-ring (bicyclic) bond motifs is 1. The Bertz CT molecular complexity index is 755. The van der Waals surface area contributed by atoms with Crippen molar-refractivity contribution in [3.8, 4) is 0 Å². The average Bonchev–Trinajstić information content (AvgIpc) is 2.60. The van der Waals surface area contributed by atoms with Crippen LogP contribution in [0.1, 0.15) is 12.0 Å². The second-order valence-corrected chi connectivity index (χ2v) is 5.68. The number of benzene rings is 2. The molecule has 0 saturated heterocycles. The van der Waals surface area contributed by atoms with Crippen molar-refractivity contribution in [1.82, 2.24) is 10.6 Å². The van der Waals surface area contributed by atoms with Crippen molar-refractivity contribution in [3.05, 3.63) is 78.0 Å². The first kappa shape index (κ1) is 14.6. The molecule has 0 spiro atoms. The number of nitrogens with one attached hydrogen (secondary N) is 2. The molecule has 0 heterocycles. The molecule has 3 rings (SSSR count). The standard InChI is InChI=1S/C20H22N2/c1-21-19-10-13-20(22-2,14-11-19)12-9-16-7-8-17-5-3-4-6-18(17)15-16/h3-13,15,21-22H,14H2,1-2H3. The van der Waals surface area contributed by atoms with Crippen LogP contribution in [0.4, 0.5) is 0 Å². The molecule has 2 heteroatoms. The van der Waals surface area contributed by atoms with E-state index in [-0.39, 0.29) is 5.54 Å². The van der Waals surface area contributed by atoms with Gasteiger partial charge >= 0.3 is 0 Å². The van der Waals surface area contributed by atoms with E-state index in [1.54, 1.807) is 0 Å². The van der Waals surface area contributed by atoms with Crippen LogP contribution in [-0.2, 0) is 0 Å². The lowest BCUT2D eigenvalue weighted by Crippen LogP contribution is -2.39. The second kappa shape index (κ2) is 6.20. The maximum Gasteiger partial charge on any atom is 0.0590 e. The lowest BCUT2D eigenvalue weighted by molar-refractivity contribution is 0.536. The highest BCUT2D eigenvalue weighted by molar-refractivity contribution is 5.84. The van der Waals surface area contributed by atoms with Crippen LogP contribution in [-0.4, -0.2) is 19.6 Å². The van der Waals surface area contributed by atoms with Gasteiger partial charge in [-0.2, -0.15) is 0 Å². The molecule has 2 aromatic carbocycles. The van der Waals surface area contributed by atoms with Crippen molar-refractivity contribution in [2.24, 2.45) is 0 Å². The first-order chi connectivity index (χ1) is 10.7. The summed E-state index contributed by atoms with van der Waals surface area (Å²) in [5.74, 6) is 0. The smallest absolute Gasteiger partial charge is 0.0590 e. The first-order valence-corrected chi connectivity index (χ1v) is 7.69. The highest BCUT2D eigenvalue weighted by Crippen LogP contribution is 2.23. The number of allylic oxidation sites excluding steroid dienone is 1. The second-order valence-electron chi connectivity index (χ2n) is 5.68. The first-order valence-electron chi connectivity index (χ1n) is 7.69. The molecule has 1 atom stereocenters. The lowest BCUT2D eigenvalue weighted by Gasteiger charge is -2.29. The molecular weight excluding hydrogens is 268 g/mol. The Labute approximate surface area is 132 Å². The predicted molar refractivity (Wildman–Crippen MR) is 95.7 cm³/mol. The maximum absolute atomic E-state index is 3.42. The molecule has 0 aliphatic heterocycles. The Kier molecular flexibility index (Phi) is 4.12. The van der Waals surface area contributed by atoms with Gasteiger partial charge in [0.25, 0.3) is 0 Å².